The third-order valence-corrected chi connectivity index (χ3v) is 5.41. The molecular weight excluding hydrogens is 264 g/mol. The van der Waals surface area contributed by atoms with E-state index < -0.39 is 6.18 Å². The van der Waals surface area contributed by atoms with E-state index in [9.17, 15) is 0 Å². The van der Waals surface area contributed by atoms with E-state index in [1.165, 1.54) is 0 Å². The number of rotatable bonds is 2. The maximum Gasteiger partial charge on any atom is 0.241 e. The van der Waals surface area contributed by atoms with Crippen molar-refractivity contribution in [2.45, 2.75) is 0 Å². The van der Waals surface area contributed by atoms with E-state index in [2.05, 4.69) is 11.8 Å². The summed E-state index contributed by atoms with van der Waals surface area (Å²) < 4.78 is 0. The van der Waals surface area contributed by atoms with Gasteiger partial charge in [0, 0.05) is 0 Å². The van der Waals surface area contributed by atoms with E-state index in [-0.39, 0.29) is 8.15 Å². The lowest BCUT2D eigenvalue weighted by Gasteiger charge is -2.00. The van der Waals surface area contributed by atoms with Gasteiger partial charge in [0.05, 0.1) is 0 Å². The molecule has 1 unspecified atom stereocenters. The van der Waals surface area contributed by atoms with Crippen LogP contribution >= 0.6 is 36.7 Å². The first-order valence-corrected chi connectivity index (χ1v) is 7.19. The van der Waals surface area contributed by atoms with Crippen LogP contribution in [0.2, 0.25) is 0 Å². The Morgan fingerprint density at radius 2 is 2.14 bits per heavy atom. The molecule has 0 amide bonds. The molecule has 1 atom stereocenters. The standard InChI is InChI=1S/BH3IO2P2S/c2-1-5-6(3,4)7/h5H,(H2,3,4,7). The second kappa shape index (κ2) is 3.75. The Balaban J connectivity index is 3.36. The molecule has 7 heteroatoms. The van der Waals surface area contributed by atoms with Crippen molar-refractivity contribution >= 4 is 53.4 Å². The minimum atomic E-state index is -2.87. The Morgan fingerprint density at radius 3 is 2.14 bits per heavy atom. The van der Waals surface area contributed by atoms with E-state index in [0.29, 0.717) is 0 Å². The van der Waals surface area contributed by atoms with Crippen LogP contribution in [0.1, 0.15) is 0 Å². The average Bonchev–Trinajstić information content (AvgIpc) is 1.30. The van der Waals surface area contributed by atoms with Crippen molar-refractivity contribution in [1.29, 1.82) is 0 Å². The Hall–Kier alpha value is 1.79. The van der Waals surface area contributed by atoms with E-state index in [0.717, 1.165) is 0 Å². The van der Waals surface area contributed by atoms with Crippen LogP contribution in [0, 0.1) is 0 Å². The molecule has 7 heavy (non-hydrogen) atoms. The van der Waals surface area contributed by atoms with Crippen molar-refractivity contribution in [3.8, 4) is 0 Å². The van der Waals surface area contributed by atoms with Gasteiger partial charge in [-0.15, -0.1) is 0 Å². The SMILES string of the molecule is OP(O)(=S)P[B]I. The molecule has 0 saturated carbocycles. The summed E-state index contributed by atoms with van der Waals surface area (Å²) in [5.41, 5.74) is 0. The highest BCUT2D eigenvalue weighted by molar-refractivity contribution is 14.1. The fourth-order valence-electron chi connectivity index (χ4n) is 0.0636. The summed E-state index contributed by atoms with van der Waals surface area (Å²) in [7, 11) is 0.0229. The summed E-state index contributed by atoms with van der Waals surface area (Å²) in [5.74, 6) is 0. The molecule has 0 aromatic rings. The van der Waals surface area contributed by atoms with Crippen LogP contribution in [0.3, 0.4) is 0 Å². The predicted octanol–water partition coefficient (Wildman–Crippen LogP) is 0.843. The highest BCUT2D eigenvalue weighted by Gasteiger charge is 2.03. The van der Waals surface area contributed by atoms with Gasteiger partial charge in [0.2, 0.25) is 4.86 Å². The van der Waals surface area contributed by atoms with Gasteiger partial charge in [-0.1, -0.05) is 8.15 Å². The monoisotopic (exact) mass is 267 g/mol. The van der Waals surface area contributed by atoms with Gasteiger partial charge in [0.25, 0.3) is 0 Å². The maximum absolute atomic E-state index is 8.48. The third-order valence-electron chi connectivity index (χ3n) is 0.217. The molecule has 0 saturated heterocycles. The van der Waals surface area contributed by atoms with Crippen LogP contribution in [-0.4, -0.2) is 14.6 Å². The number of halogens is 1. The Morgan fingerprint density at radius 1 is 1.71 bits per heavy atom. The summed E-state index contributed by atoms with van der Waals surface area (Å²) in [6, 6.07) is 0. The molecule has 0 aliphatic rings. The zero-order valence-electron chi connectivity index (χ0n) is 3.21. The molecule has 2 nitrogen and oxygen atoms in total. The highest BCUT2D eigenvalue weighted by atomic mass is 127. The van der Waals surface area contributed by atoms with E-state index in [1.54, 1.807) is 4.86 Å². The number of hydrogen-bond donors (Lipinski definition) is 2. The molecule has 0 fully saturated rings. The van der Waals surface area contributed by atoms with Crippen LogP contribution in [0.5, 0.6) is 0 Å². The Labute approximate surface area is 63.0 Å². The molecular formula is H3BIO2P2S. The molecule has 0 aromatic carbocycles. The molecule has 0 heterocycles. The van der Waals surface area contributed by atoms with Crippen LogP contribution in [-0.2, 0) is 11.8 Å². The zero-order chi connectivity index (χ0) is 5.91. The van der Waals surface area contributed by atoms with E-state index >= 15 is 0 Å². The van der Waals surface area contributed by atoms with Crippen molar-refractivity contribution in [3.05, 3.63) is 0 Å². The lowest BCUT2D eigenvalue weighted by atomic mass is 10.8. The largest absolute Gasteiger partial charge is 0.343 e. The highest BCUT2D eigenvalue weighted by Crippen LogP contribution is 2.55. The van der Waals surface area contributed by atoms with Gasteiger partial charge in [-0.05, 0) is 11.8 Å². The topological polar surface area (TPSA) is 40.5 Å². The van der Waals surface area contributed by atoms with Gasteiger partial charge < -0.3 is 9.79 Å². The normalized spacial score (nSPS) is 13.0. The van der Waals surface area contributed by atoms with Crippen molar-refractivity contribution in [1.82, 2.24) is 0 Å². The van der Waals surface area contributed by atoms with Crippen molar-refractivity contribution in [3.63, 3.8) is 0 Å². The molecule has 0 rings (SSSR count). The van der Waals surface area contributed by atoms with Crippen molar-refractivity contribution < 1.29 is 9.79 Å². The summed E-state index contributed by atoms with van der Waals surface area (Å²) in [4.78, 5) is 18.6. The first-order valence-electron chi connectivity index (χ1n) is 1.31. The fourth-order valence-corrected chi connectivity index (χ4v) is 6.24. The van der Waals surface area contributed by atoms with Crippen LogP contribution in [0.15, 0.2) is 0 Å². The van der Waals surface area contributed by atoms with Gasteiger partial charge in [-0.25, -0.2) is 0 Å². The molecule has 0 aromatic heterocycles. The smallest absolute Gasteiger partial charge is 0.241 e. The predicted molar refractivity (Wildman–Crippen MR) is 46.8 cm³/mol. The molecule has 0 spiro atoms. The minimum absolute atomic E-state index is 0.0229. The Kier molecular flexibility index (Phi) is 4.71. The third kappa shape index (κ3) is 7.79. The molecule has 1 radical (unpaired) electrons. The Bertz CT molecular complexity index is 89.7. The van der Waals surface area contributed by atoms with Crippen molar-refractivity contribution in [2.24, 2.45) is 0 Å². The first-order chi connectivity index (χ1) is 3.06. The molecule has 0 aliphatic heterocycles. The second-order valence-electron chi connectivity index (χ2n) is 0.782. The van der Waals surface area contributed by atoms with Crippen LogP contribution in [0.25, 0.3) is 0 Å². The summed E-state index contributed by atoms with van der Waals surface area (Å²) >= 11 is 6.22. The lowest BCUT2D eigenvalue weighted by molar-refractivity contribution is 0.502. The van der Waals surface area contributed by atoms with Crippen molar-refractivity contribution in [2.75, 3.05) is 0 Å². The lowest BCUT2D eigenvalue weighted by Crippen LogP contribution is -1.65. The van der Waals surface area contributed by atoms with Gasteiger partial charge in [0.1, 0.15) is 0 Å². The molecule has 0 aliphatic carbocycles. The van der Waals surface area contributed by atoms with Crippen LogP contribution in [0.4, 0.5) is 0 Å². The fraction of sp³-hybridized carbons (Fsp3) is 0. The first kappa shape index (κ1) is 8.79. The minimum Gasteiger partial charge on any atom is -0.343 e. The number of hydrogen-bond acceptors (Lipinski definition) is 1. The van der Waals surface area contributed by atoms with Gasteiger partial charge in [-0.2, -0.15) is 22.4 Å². The van der Waals surface area contributed by atoms with E-state index in [1.807, 2.05) is 22.4 Å². The second-order valence-corrected chi connectivity index (χ2v) is 9.36. The van der Waals surface area contributed by atoms with Crippen LogP contribution < -0.4 is 0 Å². The van der Waals surface area contributed by atoms with Gasteiger partial charge in [-0.3, -0.25) is 0 Å². The maximum atomic E-state index is 8.48. The van der Waals surface area contributed by atoms with E-state index in [4.69, 9.17) is 9.79 Å². The molecule has 2 N–H and O–H groups in total. The summed E-state index contributed by atoms with van der Waals surface area (Å²) in [5, 5.41) is 0. The summed E-state index contributed by atoms with van der Waals surface area (Å²) in [6.45, 7) is 0. The molecule has 0 bridgehead atoms. The quantitative estimate of drug-likeness (QED) is 0.442. The zero-order valence-corrected chi connectivity index (χ0v) is 8.07. The molecule has 41 valence electrons. The van der Waals surface area contributed by atoms with Gasteiger partial charge >= 0.3 is 0 Å². The van der Waals surface area contributed by atoms with Gasteiger partial charge in [0.15, 0.2) is 6.18 Å². The average molecular weight is 267 g/mol. The summed E-state index contributed by atoms with van der Waals surface area (Å²) in [6.07, 6.45) is -2.87.